The van der Waals surface area contributed by atoms with E-state index in [2.05, 4.69) is 31.7 Å². The molecule has 0 bridgehead atoms. The van der Waals surface area contributed by atoms with Gasteiger partial charge in [0, 0.05) is 28.8 Å². The standard InChI is InChI=1S/C14H21ClN2/c1-10-8-11(15)4-5-13(10)17-9-12(16)6-7-14(17,2)3/h4-5,8,12H,6-7,9,16H2,1-3H3. The number of piperidine rings is 1. The summed E-state index contributed by atoms with van der Waals surface area (Å²) in [5, 5.41) is 0.797. The van der Waals surface area contributed by atoms with Crippen molar-refractivity contribution >= 4 is 17.3 Å². The van der Waals surface area contributed by atoms with Crippen molar-refractivity contribution in [2.45, 2.75) is 45.2 Å². The summed E-state index contributed by atoms with van der Waals surface area (Å²) < 4.78 is 0. The van der Waals surface area contributed by atoms with Gasteiger partial charge in [0.25, 0.3) is 0 Å². The van der Waals surface area contributed by atoms with Crippen LogP contribution in [0.4, 0.5) is 5.69 Å². The fraction of sp³-hybridized carbons (Fsp3) is 0.571. The molecule has 1 aromatic rings. The summed E-state index contributed by atoms with van der Waals surface area (Å²) in [5.74, 6) is 0. The number of aryl methyl sites for hydroxylation is 1. The van der Waals surface area contributed by atoms with Crippen LogP contribution in [0.15, 0.2) is 18.2 Å². The molecule has 0 spiro atoms. The molecular formula is C14H21ClN2. The molecule has 0 radical (unpaired) electrons. The fourth-order valence-electron chi connectivity index (χ4n) is 2.59. The maximum absolute atomic E-state index is 6.10. The molecule has 1 atom stereocenters. The van der Waals surface area contributed by atoms with Crippen molar-refractivity contribution in [1.29, 1.82) is 0 Å². The number of rotatable bonds is 1. The van der Waals surface area contributed by atoms with Crippen LogP contribution in [0.5, 0.6) is 0 Å². The number of nitrogens with two attached hydrogens (primary N) is 1. The molecule has 0 amide bonds. The monoisotopic (exact) mass is 252 g/mol. The number of hydrogen-bond donors (Lipinski definition) is 1. The van der Waals surface area contributed by atoms with Gasteiger partial charge in [-0.3, -0.25) is 0 Å². The number of nitrogens with zero attached hydrogens (tertiary/aromatic N) is 1. The Morgan fingerprint density at radius 3 is 2.76 bits per heavy atom. The third-order valence-corrected chi connectivity index (χ3v) is 3.96. The van der Waals surface area contributed by atoms with E-state index in [-0.39, 0.29) is 11.6 Å². The van der Waals surface area contributed by atoms with Crippen LogP contribution in [0.3, 0.4) is 0 Å². The van der Waals surface area contributed by atoms with Crippen molar-refractivity contribution in [3.63, 3.8) is 0 Å². The van der Waals surface area contributed by atoms with Gasteiger partial charge in [-0.1, -0.05) is 11.6 Å². The maximum Gasteiger partial charge on any atom is 0.0410 e. The van der Waals surface area contributed by atoms with E-state index in [0.717, 1.165) is 24.4 Å². The zero-order valence-electron chi connectivity index (χ0n) is 10.8. The summed E-state index contributed by atoms with van der Waals surface area (Å²) in [6, 6.07) is 6.36. The first-order chi connectivity index (χ1) is 7.90. The lowest BCUT2D eigenvalue weighted by Gasteiger charge is -2.47. The van der Waals surface area contributed by atoms with Crippen molar-refractivity contribution < 1.29 is 0 Å². The number of anilines is 1. The van der Waals surface area contributed by atoms with Gasteiger partial charge in [0.15, 0.2) is 0 Å². The zero-order chi connectivity index (χ0) is 12.6. The molecule has 94 valence electrons. The predicted octanol–water partition coefficient (Wildman–Crippen LogP) is 3.35. The smallest absolute Gasteiger partial charge is 0.0410 e. The molecule has 0 aromatic heterocycles. The largest absolute Gasteiger partial charge is 0.365 e. The van der Waals surface area contributed by atoms with E-state index in [1.807, 2.05) is 12.1 Å². The van der Waals surface area contributed by atoms with Crippen LogP contribution in [0.2, 0.25) is 5.02 Å². The summed E-state index contributed by atoms with van der Waals surface area (Å²) in [7, 11) is 0. The third kappa shape index (κ3) is 2.58. The molecule has 1 unspecified atom stereocenters. The Labute approximate surface area is 109 Å². The molecule has 2 nitrogen and oxygen atoms in total. The van der Waals surface area contributed by atoms with Gasteiger partial charge in [-0.05, 0) is 57.4 Å². The molecule has 2 rings (SSSR count). The fourth-order valence-corrected chi connectivity index (χ4v) is 2.82. The Kier molecular flexibility index (Phi) is 3.37. The van der Waals surface area contributed by atoms with Gasteiger partial charge in [-0.2, -0.15) is 0 Å². The van der Waals surface area contributed by atoms with Crippen LogP contribution in [0.25, 0.3) is 0 Å². The van der Waals surface area contributed by atoms with Gasteiger partial charge in [0.2, 0.25) is 0 Å². The average Bonchev–Trinajstić information content (AvgIpc) is 2.23. The van der Waals surface area contributed by atoms with E-state index in [1.54, 1.807) is 0 Å². The van der Waals surface area contributed by atoms with Gasteiger partial charge in [-0.25, -0.2) is 0 Å². The summed E-state index contributed by atoms with van der Waals surface area (Å²) in [6.07, 6.45) is 2.24. The van der Waals surface area contributed by atoms with E-state index < -0.39 is 0 Å². The molecule has 1 saturated heterocycles. The summed E-state index contributed by atoms with van der Waals surface area (Å²) in [4.78, 5) is 2.42. The van der Waals surface area contributed by atoms with Crippen LogP contribution in [-0.2, 0) is 0 Å². The van der Waals surface area contributed by atoms with Crippen LogP contribution in [-0.4, -0.2) is 18.1 Å². The van der Waals surface area contributed by atoms with Gasteiger partial charge in [0.05, 0.1) is 0 Å². The third-order valence-electron chi connectivity index (χ3n) is 3.72. The second kappa shape index (κ2) is 4.51. The summed E-state index contributed by atoms with van der Waals surface area (Å²) >= 11 is 6.01. The van der Waals surface area contributed by atoms with Crippen molar-refractivity contribution in [2.24, 2.45) is 5.73 Å². The van der Waals surface area contributed by atoms with E-state index in [4.69, 9.17) is 17.3 Å². The molecule has 1 aliphatic rings. The molecule has 17 heavy (non-hydrogen) atoms. The average molecular weight is 253 g/mol. The second-order valence-electron chi connectivity index (χ2n) is 5.65. The Bertz CT molecular complexity index is 415. The molecule has 2 N–H and O–H groups in total. The predicted molar refractivity (Wildman–Crippen MR) is 74.8 cm³/mol. The highest BCUT2D eigenvalue weighted by atomic mass is 35.5. The molecule has 1 aliphatic heterocycles. The molecule has 0 aliphatic carbocycles. The van der Waals surface area contributed by atoms with E-state index in [9.17, 15) is 0 Å². The Balaban J connectivity index is 2.36. The van der Waals surface area contributed by atoms with E-state index in [0.29, 0.717) is 0 Å². The summed E-state index contributed by atoms with van der Waals surface area (Å²) in [6.45, 7) is 7.60. The normalized spacial score (nSPS) is 23.8. The highest BCUT2D eigenvalue weighted by Crippen LogP contribution is 2.34. The van der Waals surface area contributed by atoms with Crippen LogP contribution in [0.1, 0.15) is 32.3 Å². The first kappa shape index (κ1) is 12.7. The lowest BCUT2D eigenvalue weighted by molar-refractivity contribution is 0.334. The van der Waals surface area contributed by atoms with Gasteiger partial charge < -0.3 is 10.6 Å². The Morgan fingerprint density at radius 2 is 2.12 bits per heavy atom. The minimum Gasteiger partial charge on any atom is -0.365 e. The highest BCUT2D eigenvalue weighted by molar-refractivity contribution is 6.30. The van der Waals surface area contributed by atoms with Crippen LogP contribution in [0, 0.1) is 6.92 Å². The van der Waals surface area contributed by atoms with Gasteiger partial charge in [0.1, 0.15) is 0 Å². The topological polar surface area (TPSA) is 29.3 Å². The van der Waals surface area contributed by atoms with Crippen molar-refractivity contribution in [1.82, 2.24) is 0 Å². The lowest BCUT2D eigenvalue weighted by atomic mass is 9.87. The van der Waals surface area contributed by atoms with E-state index in [1.165, 1.54) is 11.3 Å². The van der Waals surface area contributed by atoms with Crippen LogP contribution < -0.4 is 10.6 Å². The van der Waals surface area contributed by atoms with Crippen molar-refractivity contribution in [3.05, 3.63) is 28.8 Å². The van der Waals surface area contributed by atoms with E-state index >= 15 is 0 Å². The quantitative estimate of drug-likeness (QED) is 0.831. The molecule has 1 aromatic carbocycles. The maximum atomic E-state index is 6.10. The molecule has 0 saturated carbocycles. The van der Waals surface area contributed by atoms with Crippen LogP contribution >= 0.6 is 11.6 Å². The molecule has 1 heterocycles. The lowest BCUT2D eigenvalue weighted by Crippen LogP contribution is -2.54. The number of hydrogen-bond acceptors (Lipinski definition) is 2. The molecular weight excluding hydrogens is 232 g/mol. The van der Waals surface area contributed by atoms with Crippen molar-refractivity contribution in [2.75, 3.05) is 11.4 Å². The first-order valence-electron chi connectivity index (χ1n) is 6.19. The highest BCUT2D eigenvalue weighted by Gasteiger charge is 2.33. The van der Waals surface area contributed by atoms with Gasteiger partial charge >= 0.3 is 0 Å². The number of halogens is 1. The molecule has 3 heteroatoms. The molecule has 1 fully saturated rings. The Hall–Kier alpha value is -0.730. The Morgan fingerprint density at radius 1 is 1.41 bits per heavy atom. The SMILES string of the molecule is Cc1cc(Cl)ccc1N1CC(N)CCC1(C)C. The zero-order valence-corrected chi connectivity index (χ0v) is 11.6. The summed E-state index contributed by atoms with van der Waals surface area (Å²) in [5.41, 5.74) is 8.75. The van der Waals surface area contributed by atoms with Gasteiger partial charge in [-0.15, -0.1) is 0 Å². The minimum absolute atomic E-state index is 0.175. The number of benzene rings is 1. The minimum atomic E-state index is 0.175. The first-order valence-corrected chi connectivity index (χ1v) is 6.57. The van der Waals surface area contributed by atoms with Crippen molar-refractivity contribution in [3.8, 4) is 0 Å². The second-order valence-corrected chi connectivity index (χ2v) is 6.09.